The first-order chi connectivity index (χ1) is 19.3. The SMILES string of the molecule is CC(c1ccc2c(c1)CCO2)N(Cc1ccc(OCCN2C(=O)CC(Cl)C2=O)cc1)CC1CCC(C(=O)O)CC1. The third-order valence-corrected chi connectivity index (χ3v) is 8.85. The molecule has 214 valence electrons. The Morgan fingerprint density at radius 3 is 2.58 bits per heavy atom. The van der Waals surface area contributed by atoms with Crippen LogP contribution in [0.25, 0.3) is 0 Å². The lowest BCUT2D eigenvalue weighted by molar-refractivity contribution is -0.143. The smallest absolute Gasteiger partial charge is 0.306 e. The van der Waals surface area contributed by atoms with Gasteiger partial charge in [0.25, 0.3) is 0 Å². The number of carboxylic acids is 1. The molecule has 0 aromatic heterocycles. The summed E-state index contributed by atoms with van der Waals surface area (Å²) < 4.78 is 11.5. The maximum Gasteiger partial charge on any atom is 0.306 e. The molecule has 0 radical (unpaired) electrons. The standard InChI is InChI=1S/C31H37ClN2O6/c1-20(24-8-11-28-25(16-24)12-14-40-28)33(18-21-2-6-23(7-3-21)31(37)38)19-22-4-9-26(10-5-22)39-15-13-34-29(35)17-27(32)30(34)36/h4-5,8-11,16,20-21,23,27H,2-3,6-7,12-15,17-19H2,1H3,(H,37,38). The number of carbonyl (C=O) groups is 3. The summed E-state index contributed by atoms with van der Waals surface area (Å²) in [6, 6.07) is 14.6. The fraction of sp³-hybridized carbons (Fsp3) is 0.516. The van der Waals surface area contributed by atoms with E-state index in [1.165, 1.54) is 16.0 Å². The van der Waals surface area contributed by atoms with Crippen LogP contribution in [0, 0.1) is 11.8 Å². The molecule has 0 bridgehead atoms. The zero-order valence-electron chi connectivity index (χ0n) is 22.9. The van der Waals surface area contributed by atoms with E-state index in [1.807, 2.05) is 24.3 Å². The van der Waals surface area contributed by atoms with E-state index in [0.29, 0.717) is 11.7 Å². The number of ether oxygens (including phenoxy) is 2. The molecule has 2 amide bonds. The minimum absolute atomic E-state index is 0.0459. The Morgan fingerprint density at radius 1 is 1.15 bits per heavy atom. The molecule has 1 aliphatic carbocycles. The molecule has 1 saturated heterocycles. The predicted octanol–water partition coefficient (Wildman–Crippen LogP) is 4.82. The number of alkyl halides is 1. The lowest BCUT2D eigenvalue weighted by Crippen LogP contribution is -2.34. The van der Waals surface area contributed by atoms with E-state index in [2.05, 4.69) is 30.0 Å². The number of rotatable bonds is 11. The summed E-state index contributed by atoms with van der Waals surface area (Å²) in [6.07, 6.45) is 4.32. The van der Waals surface area contributed by atoms with Crippen LogP contribution in [-0.2, 0) is 27.3 Å². The van der Waals surface area contributed by atoms with Crippen molar-refractivity contribution in [3.8, 4) is 11.5 Å². The van der Waals surface area contributed by atoms with Crippen molar-refractivity contribution in [2.45, 2.75) is 63.4 Å². The van der Waals surface area contributed by atoms with Gasteiger partial charge in [-0.25, -0.2) is 0 Å². The number of carbonyl (C=O) groups excluding carboxylic acids is 2. The first kappa shape index (κ1) is 28.4. The number of nitrogens with zero attached hydrogens (tertiary/aromatic N) is 2. The van der Waals surface area contributed by atoms with Crippen LogP contribution in [0.1, 0.15) is 61.8 Å². The lowest BCUT2D eigenvalue weighted by Gasteiger charge is -2.35. The van der Waals surface area contributed by atoms with E-state index in [4.69, 9.17) is 21.1 Å². The summed E-state index contributed by atoms with van der Waals surface area (Å²) in [6.45, 7) is 5.02. The van der Waals surface area contributed by atoms with Crippen LogP contribution in [0.5, 0.6) is 11.5 Å². The second kappa shape index (κ2) is 12.6. The molecular formula is C31H37ClN2O6. The zero-order chi connectivity index (χ0) is 28.2. The topological polar surface area (TPSA) is 96.4 Å². The summed E-state index contributed by atoms with van der Waals surface area (Å²) >= 11 is 5.89. The Bertz CT molecular complexity index is 1230. The average molecular weight is 569 g/mol. The highest BCUT2D eigenvalue weighted by Gasteiger charge is 2.37. The van der Waals surface area contributed by atoms with Crippen molar-refractivity contribution in [2.24, 2.45) is 11.8 Å². The van der Waals surface area contributed by atoms with Crippen LogP contribution >= 0.6 is 11.6 Å². The second-order valence-corrected chi connectivity index (χ2v) is 11.7. The van der Waals surface area contributed by atoms with E-state index < -0.39 is 11.3 Å². The van der Waals surface area contributed by atoms with Gasteiger partial charge in [0.05, 0.1) is 25.5 Å². The van der Waals surface area contributed by atoms with E-state index in [0.717, 1.165) is 63.1 Å². The summed E-state index contributed by atoms with van der Waals surface area (Å²) in [5.74, 6) is 0.610. The van der Waals surface area contributed by atoms with Gasteiger partial charge in [-0.15, -0.1) is 11.6 Å². The molecule has 2 aromatic carbocycles. The Morgan fingerprint density at radius 2 is 1.90 bits per heavy atom. The molecule has 40 heavy (non-hydrogen) atoms. The van der Waals surface area contributed by atoms with Crippen LogP contribution in [0.4, 0.5) is 0 Å². The minimum Gasteiger partial charge on any atom is -0.493 e. The molecule has 2 atom stereocenters. The normalized spacial score (nSPS) is 23.3. The van der Waals surface area contributed by atoms with E-state index >= 15 is 0 Å². The van der Waals surface area contributed by atoms with Gasteiger partial charge in [0.15, 0.2) is 0 Å². The molecule has 5 rings (SSSR count). The fourth-order valence-electron chi connectivity index (χ4n) is 6.02. The Labute approximate surface area is 240 Å². The quantitative estimate of drug-likeness (QED) is 0.307. The molecular weight excluding hydrogens is 532 g/mol. The minimum atomic E-state index is -0.769. The van der Waals surface area contributed by atoms with Gasteiger partial charge in [0.1, 0.15) is 23.5 Å². The fourth-order valence-corrected chi connectivity index (χ4v) is 6.27. The van der Waals surface area contributed by atoms with Crippen LogP contribution in [0.3, 0.4) is 0 Å². The number of benzene rings is 2. The van der Waals surface area contributed by atoms with Crippen molar-refractivity contribution in [2.75, 3.05) is 26.3 Å². The van der Waals surface area contributed by atoms with Crippen molar-refractivity contribution >= 4 is 29.4 Å². The van der Waals surface area contributed by atoms with Gasteiger partial charge >= 0.3 is 5.97 Å². The van der Waals surface area contributed by atoms with Crippen molar-refractivity contribution in [3.05, 3.63) is 59.2 Å². The van der Waals surface area contributed by atoms with E-state index in [1.54, 1.807) is 0 Å². The molecule has 2 heterocycles. The van der Waals surface area contributed by atoms with E-state index in [-0.39, 0.29) is 43.3 Å². The summed E-state index contributed by atoms with van der Waals surface area (Å²) in [5.41, 5.74) is 3.66. The number of imide groups is 1. The maximum atomic E-state index is 12.0. The highest BCUT2D eigenvalue weighted by atomic mass is 35.5. The van der Waals surface area contributed by atoms with Crippen molar-refractivity contribution in [3.63, 3.8) is 0 Å². The van der Waals surface area contributed by atoms with Crippen LogP contribution < -0.4 is 9.47 Å². The molecule has 3 aliphatic rings. The highest BCUT2D eigenvalue weighted by Crippen LogP contribution is 2.34. The van der Waals surface area contributed by atoms with Gasteiger partial charge in [-0.1, -0.05) is 24.3 Å². The molecule has 1 saturated carbocycles. The number of halogens is 1. The summed E-state index contributed by atoms with van der Waals surface area (Å²) in [5, 5.41) is 8.64. The average Bonchev–Trinajstić information content (AvgIpc) is 3.52. The second-order valence-electron chi connectivity index (χ2n) is 11.2. The number of carboxylic acid groups (broad SMARTS) is 1. The van der Waals surface area contributed by atoms with Gasteiger partial charge < -0.3 is 14.6 Å². The highest BCUT2D eigenvalue weighted by molar-refractivity contribution is 6.35. The van der Waals surface area contributed by atoms with Crippen molar-refractivity contribution < 1.29 is 29.0 Å². The third kappa shape index (κ3) is 6.61. The van der Waals surface area contributed by atoms with Crippen LogP contribution in [0.2, 0.25) is 0 Å². The number of fused-ring (bicyclic) bond motifs is 1. The van der Waals surface area contributed by atoms with Gasteiger partial charge in [-0.05, 0) is 73.4 Å². The van der Waals surface area contributed by atoms with Gasteiger partial charge in [0.2, 0.25) is 11.8 Å². The summed E-state index contributed by atoms with van der Waals surface area (Å²) in [7, 11) is 0. The first-order valence-corrected chi connectivity index (χ1v) is 14.6. The van der Waals surface area contributed by atoms with Gasteiger partial charge in [-0.3, -0.25) is 24.2 Å². The van der Waals surface area contributed by atoms with Crippen LogP contribution in [-0.4, -0.2) is 64.4 Å². The number of hydrogen-bond acceptors (Lipinski definition) is 6. The van der Waals surface area contributed by atoms with Crippen molar-refractivity contribution in [1.29, 1.82) is 0 Å². The monoisotopic (exact) mass is 568 g/mol. The van der Waals surface area contributed by atoms with Gasteiger partial charge in [-0.2, -0.15) is 0 Å². The zero-order valence-corrected chi connectivity index (χ0v) is 23.6. The Kier molecular flexibility index (Phi) is 8.96. The predicted molar refractivity (Wildman–Crippen MR) is 150 cm³/mol. The molecule has 9 heteroatoms. The first-order valence-electron chi connectivity index (χ1n) is 14.2. The molecule has 1 N–H and O–H groups in total. The molecule has 2 fully saturated rings. The number of amides is 2. The largest absolute Gasteiger partial charge is 0.493 e. The third-order valence-electron chi connectivity index (χ3n) is 8.51. The van der Waals surface area contributed by atoms with E-state index in [9.17, 15) is 19.5 Å². The number of likely N-dealkylation sites (tertiary alicyclic amines) is 1. The maximum absolute atomic E-state index is 12.0. The molecule has 2 aromatic rings. The van der Waals surface area contributed by atoms with Crippen molar-refractivity contribution in [1.82, 2.24) is 9.80 Å². The Balaban J connectivity index is 1.22. The molecule has 2 unspecified atom stereocenters. The number of aliphatic carboxylic acids is 1. The molecule has 8 nitrogen and oxygen atoms in total. The molecule has 0 spiro atoms. The number of hydrogen-bond donors (Lipinski definition) is 1. The summed E-state index contributed by atoms with van der Waals surface area (Å²) in [4.78, 5) is 39.0. The Hall–Kier alpha value is -3.10. The van der Waals surface area contributed by atoms with Crippen LogP contribution in [0.15, 0.2) is 42.5 Å². The lowest BCUT2D eigenvalue weighted by atomic mass is 9.81. The molecule has 2 aliphatic heterocycles. The van der Waals surface area contributed by atoms with Gasteiger partial charge in [0, 0.05) is 25.6 Å².